The van der Waals surface area contributed by atoms with E-state index in [2.05, 4.69) is 5.32 Å². The third-order valence-corrected chi connectivity index (χ3v) is 3.20. The minimum Gasteiger partial charge on any atom is -0.493 e. The van der Waals surface area contributed by atoms with Gasteiger partial charge in [0.15, 0.2) is 0 Å². The van der Waals surface area contributed by atoms with E-state index < -0.39 is 32.9 Å². The molecule has 0 aliphatic heterocycles. The molecule has 10 heteroatoms. The molecule has 21 heavy (non-hydrogen) atoms. The molecule has 3 N–H and O–H groups in total. The van der Waals surface area contributed by atoms with Crippen molar-refractivity contribution < 1.29 is 22.9 Å². The Morgan fingerprint density at radius 3 is 2.62 bits per heavy atom. The first-order valence-electron chi connectivity index (χ1n) is 5.71. The summed E-state index contributed by atoms with van der Waals surface area (Å²) in [5.74, 6) is -1.99. The van der Waals surface area contributed by atoms with Gasteiger partial charge in [0.05, 0.1) is 0 Å². The normalized spacial score (nSPS) is 10.9. The van der Waals surface area contributed by atoms with E-state index in [4.69, 9.17) is 9.81 Å². The van der Waals surface area contributed by atoms with Crippen molar-refractivity contribution in [3.63, 3.8) is 0 Å². The highest BCUT2D eigenvalue weighted by atomic mass is 32.2. The molecule has 0 atom stereocenters. The molecule has 1 aromatic rings. The maximum Gasteiger partial charge on any atom is 0.269 e. The van der Waals surface area contributed by atoms with Gasteiger partial charge in [0.25, 0.3) is 15.7 Å². The van der Waals surface area contributed by atoms with Crippen molar-refractivity contribution in [1.29, 1.82) is 5.26 Å². The molecule has 1 amide bonds. The van der Waals surface area contributed by atoms with Crippen LogP contribution in [0.2, 0.25) is 0 Å². The van der Waals surface area contributed by atoms with Crippen LogP contribution in [0.4, 0.5) is 0 Å². The Bertz CT molecular complexity index is 759. The summed E-state index contributed by atoms with van der Waals surface area (Å²) in [5, 5.41) is 21.2. The summed E-state index contributed by atoms with van der Waals surface area (Å²) >= 11 is 0. The predicted molar refractivity (Wildman–Crippen MR) is 71.0 cm³/mol. The van der Waals surface area contributed by atoms with Gasteiger partial charge in [0.2, 0.25) is 11.8 Å². The number of hydrogen-bond acceptors (Lipinski definition) is 6. The molecule has 0 spiro atoms. The van der Waals surface area contributed by atoms with E-state index in [0.29, 0.717) is 0 Å². The molecule has 9 nitrogen and oxygen atoms in total. The summed E-state index contributed by atoms with van der Waals surface area (Å²) in [6, 6.07) is 2.43. The number of aromatic nitrogens is 1. The number of hydrogen-bond donors (Lipinski definition) is 3. The van der Waals surface area contributed by atoms with E-state index >= 15 is 0 Å². The van der Waals surface area contributed by atoms with Crippen LogP contribution in [0.3, 0.4) is 0 Å². The summed E-state index contributed by atoms with van der Waals surface area (Å²) in [5.41, 5.74) is -1.47. The molecule has 114 valence electrons. The van der Waals surface area contributed by atoms with Gasteiger partial charge >= 0.3 is 0 Å². The highest BCUT2D eigenvalue weighted by Gasteiger charge is 2.18. The van der Waals surface area contributed by atoms with E-state index in [1.165, 1.54) is 6.92 Å². The number of aromatic hydroxyl groups is 1. The van der Waals surface area contributed by atoms with Gasteiger partial charge in [-0.3, -0.25) is 18.7 Å². The lowest BCUT2D eigenvalue weighted by Gasteiger charge is -2.12. The van der Waals surface area contributed by atoms with Gasteiger partial charge in [-0.2, -0.15) is 13.7 Å². The van der Waals surface area contributed by atoms with Gasteiger partial charge in [0.1, 0.15) is 17.4 Å². The van der Waals surface area contributed by atoms with Crippen LogP contribution in [-0.2, 0) is 27.2 Å². The Kier molecular flexibility index (Phi) is 5.07. The molecular weight excluding hydrogens is 302 g/mol. The fourth-order valence-corrected chi connectivity index (χ4v) is 2.29. The van der Waals surface area contributed by atoms with Crippen molar-refractivity contribution in [3.05, 3.63) is 27.5 Å². The van der Waals surface area contributed by atoms with Gasteiger partial charge < -0.3 is 10.4 Å². The Balaban J connectivity index is 3.23. The molecule has 0 aliphatic rings. The quantitative estimate of drug-likeness (QED) is 0.587. The van der Waals surface area contributed by atoms with Gasteiger partial charge in [-0.25, -0.2) is 0 Å². The molecule has 0 fully saturated rings. The molecule has 0 unspecified atom stereocenters. The topological polar surface area (TPSA) is 149 Å². The van der Waals surface area contributed by atoms with E-state index in [1.807, 2.05) is 0 Å². The number of amides is 1. The lowest BCUT2D eigenvalue weighted by Crippen LogP contribution is -2.30. The molecule has 0 saturated heterocycles. The van der Waals surface area contributed by atoms with Crippen molar-refractivity contribution in [3.8, 4) is 11.9 Å². The number of pyridine rings is 1. The standard InChI is InChI=1S/C11H13N3O6S/c1-7(15)13-2-3-14-10(16)4-8(6-21(18,19)20)9(5-12)11(14)17/h4,17H,2-3,6H2,1H3,(H,13,15)(H,18,19,20). The van der Waals surface area contributed by atoms with E-state index in [1.54, 1.807) is 6.07 Å². The fourth-order valence-electron chi connectivity index (χ4n) is 1.67. The van der Waals surface area contributed by atoms with Crippen LogP contribution >= 0.6 is 0 Å². The fraction of sp³-hybridized carbons (Fsp3) is 0.364. The second-order valence-corrected chi connectivity index (χ2v) is 5.63. The molecule has 1 aromatic heterocycles. The van der Waals surface area contributed by atoms with Gasteiger partial charge in [-0.1, -0.05) is 0 Å². The molecule has 1 rings (SSSR count). The first-order valence-corrected chi connectivity index (χ1v) is 7.32. The monoisotopic (exact) mass is 315 g/mol. The minimum absolute atomic E-state index is 0.0469. The molecule has 0 aromatic carbocycles. The predicted octanol–water partition coefficient (Wildman–Crippen LogP) is -1.05. The van der Waals surface area contributed by atoms with Crippen LogP contribution in [0.15, 0.2) is 10.9 Å². The summed E-state index contributed by atoms with van der Waals surface area (Å²) in [6.45, 7) is 1.23. The zero-order valence-electron chi connectivity index (χ0n) is 11.0. The summed E-state index contributed by atoms with van der Waals surface area (Å²) in [6.07, 6.45) is 0. The zero-order chi connectivity index (χ0) is 16.2. The lowest BCUT2D eigenvalue weighted by molar-refractivity contribution is -0.119. The number of carbonyl (C=O) groups excluding carboxylic acids is 1. The van der Waals surface area contributed by atoms with Crippen LogP contribution < -0.4 is 10.9 Å². The molecule has 0 aliphatic carbocycles. The maximum atomic E-state index is 11.8. The highest BCUT2D eigenvalue weighted by Crippen LogP contribution is 2.19. The second kappa shape index (κ2) is 6.38. The first kappa shape index (κ1) is 16.7. The second-order valence-electron chi connectivity index (χ2n) is 4.18. The zero-order valence-corrected chi connectivity index (χ0v) is 11.8. The number of carbonyl (C=O) groups is 1. The number of rotatable bonds is 5. The average Bonchev–Trinajstić information content (AvgIpc) is 2.31. The third-order valence-electron chi connectivity index (χ3n) is 2.52. The third kappa shape index (κ3) is 4.59. The van der Waals surface area contributed by atoms with Crippen LogP contribution in [0.1, 0.15) is 18.1 Å². The van der Waals surface area contributed by atoms with Gasteiger partial charge in [-0.15, -0.1) is 0 Å². The summed E-state index contributed by atoms with van der Waals surface area (Å²) in [7, 11) is -4.45. The number of nitriles is 1. The molecule has 1 heterocycles. The molecular formula is C11H13N3O6S. The number of nitrogens with one attached hydrogen (secondary N) is 1. The molecule has 0 radical (unpaired) electrons. The minimum atomic E-state index is -4.45. The lowest BCUT2D eigenvalue weighted by atomic mass is 10.1. The van der Waals surface area contributed by atoms with Crippen LogP contribution in [0.5, 0.6) is 5.88 Å². The van der Waals surface area contributed by atoms with Crippen LogP contribution in [0.25, 0.3) is 0 Å². The van der Waals surface area contributed by atoms with Crippen LogP contribution in [0, 0.1) is 11.3 Å². The summed E-state index contributed by atoms with van der Waals surface area (Å²) < 4.78 is 31.3. The smallest absolute Gasteiger partial charge is 0.269 e. The van der Waals surface area contributed by atoms with Crippen molar-refractivity contribution in [2.24, 2.45) is 0 Å². The van der Waals surface area contributed by atoms with Crippen molar-refractivity contribution in [2.75, 3.05) is 6.54 Å². The van der Waals surface area contributed by atoms with Gasteiger partial charge in [-0.05, 0) is 5.56 Å². The van der Waals surface area contributed by atoms with Crippen molar-refractivity contribution in [1.82, 2.24) is 9.88 Å². The molecule has 0 saturated carbocycles. The Labute approximate surface area is 120 Å². The SMILES string of the molecule is CC(=O)NCCn1c(O)c(C#N)c(CS(=O)(=O)O)cc1=O. The maximum absolute atomic E-state index is 11.8. The summed E-state index contributed by atoms with van der Waals surface area (Å²) in [4.78, 5) is 22.5. The Hall–Kier alpha value is -2.38. The Morgan fingerprint density at radius 2 is 2.14 bits per heavy atom. The van der Waals surface area contributed by atoms with Crippen molar-refractivity contribution in [2.45, 2.75) is 19.2 Å². The largest absolute Gasteiger partial charge is 0.493 e. The van der Waals surface area contributed by atoms with Crippen molar-refractivity contribution >= 4 is 16.0 Å². The highest BCUT2D eigenvalue weighted by molar-refractivity contribution is 7.85. The average molecular weight is 315 g/mol. The van der Waals surface area contributed by atoms with E-state index in [9.17, 15) is 23.1 Å². The van der Waals surface area contributed by atoms with E-state index in [0.717, 1.165) is 10.6 Å². The van der Waals surface area contributed by atoms with Gasteiger partial charge in [0, 0.05) is 26.1 Å². The first-order chi connectivity index (χ1) is 9.65. The Morgan fingerprint density at radius 1 is 1.52 bits per heavy atom. The molecule has 0 bridgehead atoms. The number of nitrogens with zero attached hydrogens (tertiary/aromatic N) is 2. The van der Waals surface area contributed by atoms with E-state index in [-0.39, 0.29) is 24.6 Å². The van der Waals surface area contributed by atoms with Crippen LogP contribution in [-0.4, -0.2) is 35.1 Å².